The highest BCUT2D eigenvalue weighted by molar-refractivity contribution is 5.96. The summed E-state index contributed by atoms with van der Waals surface area (Å²) in [6.45, 7) is 1.69. The standard InChI is InChI=1S/C19H24N4O3/c1-20-17-12-14(7-9-21-17)5-6-15-13-23(10-11-26-15)19(24)16-4-3-8-22-18(16)25-2/h3-4,7-9,12,15H,5-6,10-11,13H2,1-2H3,(H,20,21)/t15-/m0/s1. The van der Waals surface area contributed by atoms with E-state index in [4.69, 9.17) is 9.47 Å². The Labute approximate surface area is 153 Å². The zero-order valence-electron chi connectivity index (χ0n) is 15.1. The van der Waals surface area contributed by atoms with E-state index in [1.807, 2.05) is 24.1 Å². The number of carbonyl (C=O) groups is 1. The van der Waals surface area contributed by atoms with E-state index in [2.05, 4.69) is 15.3 Å². The highest BCUT2D eigenvalue weighted by Crippen LogP contribution is 2.20. The number of ether oxygens (including phenoxy) is 2. The Balaban J connectivity index is 1.61. The van der Waals surface area contributed by atoms with Crippen molar-refractivity contribution in [2.45, 2.75) is 18.9 Å². The lowest BCUT2D eigenvalue weighted by Crippen LogP contribution is -2.45. The first-order valence-corrected chi connectivity index (χ1v) is 8.74. The molecule has 3 rings (SSSR count). The summed E-state index contributed by atoms with van der Waals surface area (Å²) in [5.41, 5.74) is 1.69. The van der Waals surface area contributed by atoms with Crippen molar-refractivity contribution in [3.63, 3.8) is 0 Å². The summed E-state index contributed by atoms with van der Waals surface area (Å²) in [7, 11) is 3.38. The third-order valence-corrected chi connectivity index (χ3v) is 4.46. The molecular weight excluding hydrogens is 332 g/mol. The van der Waals surface area contributed by atoms with Gasteiger partial charge in [0.2, 0.25) is 5.88 Å². The number of pyridine rings is 2. The van der Waals surface area contributed by atoms with Crippen LogP contribution in [0.15, 0.2) is 36.7 Å². The van der Waals surface area contributed by atoms with Crippen LogP contribution in [0.4, 0.5) is 5.82 Å². The Morgan fingerprint density at radius 3 is 3.08 bits per heavy atom. The zero-order valence-corrected chi connectivity index (χ0v) is 15.1. The van der Waals surface area contributed by atoms with Gasteiger partial charge in [0.05, 0.1) is 19.8 Å². The van der Waals surface area contributed by atoms with Gasteiger partial charge in [-0.2, -0.15) is 0 Å². The normalized spacial score (nSPS) is 17.0. The molecule has 138 valence electrons. The number of aromatic nitrogens is 2. The highest BCUT2D eigenvalue weighted by Gasteiger charge is 2.27. The van der Waals surface area contributed by atoms with E-state index in [1.54, 1.807) is 24.5 Å². The molecule has 2 aromatic rings. The average Bonchev–Trinajstić information content (AvgIpc) is 2.72. The van der Waals surface area contributed by atoms with Crippen LogP contribution in [0.2, 0.25) is 0 Å². The van der Waals surface area contributed by atoms with E-state index in [1.165, 1.54) is 12.7 Å². The van der Waals surface area contributed by atoms with Gasteiger partial charge in [-0.25, -0.2) is 9.97 Å². The van der Waals surface area contributed by atoms with E-state index in [0.29, 0.717) is 31.1 Å². The lowest BCUT2D eigenvalue weighted by atomic mass is 10.1. The number of nitrogens with one attached hydrogen (secondary N) is 1. The number of aryl methyl sites for hydroxylation is 1. The molecule has 0 spiro atoms. The number of rotatable bonds is 6. The van der Waals surface area contributed by atoms with Gasteiger partial charge in [-0.3, -0.25) is 4.79 Å². The molecular formula is C19H24N4O3. The third kappa shape index (κ3) is 4.29. The summed E-state index contributed by atoms with van der Waals surface area (Å²) in [6.07, 6.45) is 5.15. The molecule has 3 heterocycles. The van der Waals surface area contributed by atoms with Gasteiger partial charge in [0.1, 0.15) is 11.4 Å². The number of amides is 1. The van der Waals surface area contributed by atoms with Crippen molar-refractivity contribution in [3.05, 3.63) is 47.8 Å². The van der Waals surface area contributed by atoms with Crippen LogP contribution < -0.4 is 10.1 Å². The monoisotopic (exact) mass is 356 g/mol. The summed E-state index contributed by atoms with van der Waals surface area (Å²) in [6, 6.07) is 7.53. The van der Waals surface area contributed by atoms with E-state index in [0.717, 1.165) is 18.7 Å². The molecule has 0 aromatic carbocycles. The number of hydrogen-bond donors (Lipinski definition) is 1. The van der Waals surface area contributed by atoms with E-state index in [-0.39, 0.29) is 12.0 Å². The SMILES string of the molecule is CNc1cc(CC[C@H]2CN(C(=O)c3cccnc3OC)CCO2)ccn1. The Hall–Kier alpha value is -2.67. The fourth-order valence-corrected chi connectivity index (χ4v) is 3.06. The third-order valence-electron chi connectivity index (χ3n) is 4.46. The Morgan fingerprint density at radius 1 is 1.38 bits per heavy atom. The van der Waals surface area contributed by atoms with Crippen LogP contribution in [0, 0.1) is 0 Å². The van der Waals surface area contributed by atoms with Crippen LogP contribution >= 0.6 is 0 Å². The minimum absolute atomic E-state index is 0.0153. The second kappa shape index (κ2) is 8.62. The molecule has 1 N–H and O–H groups in total. The highest BCUT2D eigenvalue weighted by atomic mass is 16.5. The van der Waals surface area contributed by atoms with Gasteiger partial charge in [0, 0.05) is 32.5 Å². The molecule has 0 unspecified atom stereocenters. The molecule has 2 aromatic heterocycles. The van der Waals surface area contributed by atoms with Crippen molar-refractivity contribution < 1.29 is 14.3 Å². The fraction of sp³-hybridized carbons (Fsp3) is 0.421. The van der Waals surface area contributed by atoms with Gasteiger partial charge in [0.25, 0.3) is 5.91 Å². The maximum atomic E-state index is 12.8. The summed E-state index contributed by atoms with van der Waals surface area (Å²) < 4.78 is 11.1. The van der Waals surface area contributed by atoms with Gasteiger partial charge in [-0.15, -0.1) is 0 Å². The molecule has 26 heavy (non-hydrogen) atoms. The molecule has 0 bridgehead atoms. The average molecular weight is 356 g/mol. The first kappa shape index (κ1) is 18.1. The maximum Gasteiger partial charge on any atom is 0.259 e. The zero-order chi connectivity index (χ0) is 18.4. The topological polar surface area (TPSA) is 76.6 Å². The first-order valence-electron chi connectivity index (χ1n) is 8.74. The number of hydrogen-bond acceptors (Lipinski definition) is 6. The number of carbonyl (C=O) groups excluding carboxylic acids is 1. The van der Waals surface area contributed by atoms with Crippen LogP contribution in [0.5, 0.6) is 5.88 Å². The molecule has 1 amide bonds. The van der Waals surface area contributed by atoms with Crippen LogP contribution in [0.3, 0.4) is 0 Å². The molecule has 0 saturated carbocycles. The van der Waals surface area contributed by atoms with Crippen molar-refractivity contribution in [3.8, 4) is 5.88 Å². The maximum absolute atomic E-state index is 12.8. The fourth-order valence-electron chi connectivity index (χ4n) is 3.06. The van der Waals surface area contributed by atoms with Crippen LogP contribution in [0.25, 0.3) is 0 Å². The number of nitrogens with zero attached hydrogens (tertiary/aromatic N) is 3. The second-order valence-electron chi connectivity index (χ2n) is 6.14. The van der Waals surface area contributed by atoms with Crippen molar-refractivity contribution in [1.82, 2.24) is 14.9 Å². The van der Waals surface area contributed by atoms with E-state index in [9.17, 15) is 4.79 Å². The molecule has 0 radical (unpaired) electrons. The molecule has 1 aliphatic rings. The lowest BCUT2D eigenvalue weighted by Gasteiger charge is -2.33. The van der Waals surface area contributed by atoms with Crippen molar-refractivity contribution >= 4 is 11.7 Å². The van der Waals surface area contributed by atoms with Gasteiger partial charge < -0.3 is 19.7 Å². The predicted molar refractivity (Wildman–Crippen MR) is 98.5 cm³/mol. The quantitative estimate of drug-likeness (QED) is 0.853. The summed E-state index contributed by atoms with van der Waals surface area (Å²) in [5, 5.41) is 3.04. The molecule has 1 aliphatic heterocycles. The van der Waals surface area contributed by atoms with Crippen LogP contribution in [-0.4, -0.2) is 60.7 Å². The van der Waals surface area contributed by atoms with Gasteiger partial charge in [0.15, 0.2) is 0 Å². The van der Waals surface area contributed by atoms with Gasteiger partial charge in [-0.1, -0.05) is 0 Å². The Morgan fingerprint density at radius 2 is 2.27 bits per heavy atom. The minimum Gasteiger partial charge on any atom is -0.480 e. The van der Waals surface area contributed by atoms with E-state index < -0.39 is 0 Å². The van der Waals surface area contributed by atoms with Crippen LogP contribution in [0.1, 0.15) is 22.3 Å². The molecule has 1 atom stereocenters. The summed E-state index contributed by atoms with van der Waals surface area (Å²) in [5.74, 6) is 1.15. The van der Waals surface area contributed by atoms with Crippen molar-refractivity contribution in [2.24, 2.45) is 0 Å². The summed E-state index contributed by atoms with van der Waals surface area (Å²) in [4.78, 5) is 23.0. The van der Waals surface area contributed by atoms with E-state index >= 15 is 0 Å². The summed E-state index contributed by atoms with van der Waals surface area (Å²) >= 11 is 0. The molecule has 1 saturated heterocycles. The molecule has 7 nitrogen and oxygen atoms in total. The van der Waals surface area contributed by atoms with Crippen molar-refractivity contribution in [2.75, 3.05) is 39.2 Å². The first-order chi connectivity index (χ1) is 12.7. The smallest absolute Gasteiger partial charge is 0.259 e. The second-order valence-corrected chi connectivity index (χ2v) is 6.14. The minimum atomic E-state index is -0.0652. The lowest BCUT2D eigenvalue weighted by molar-refractivity contribution is -0.0247. The van der Waals surface area contributed by atoms with Crippen molar-refractivity contribution in [1.29, 1.82) is 0 Å². The molecule has 7 heteroatoms. The Bertz CT molecular complexity index is 753. The number of methoxy groups -OCH3 is 1. The van der Waals surface area contributed by atoms with Gasteiger partial charge >= 0.3 is 0 Å². The van der Waals surface area contributed by atoms with Crippen LogP contribution in [-0.2, 0) is 11.2 Å². The molecule has 0 aliphatic carbocycles. The number of anilines is 1. The number of morpholine rings is 1. The molecule has 1 fully saturated rings. The van der Waals surface area contributed by atoms with Gasteiger partial charge in [-0.05, 0) is 42.7 Å². The Kier molecular flexibility index (Phi) is 6.01. The largest absolute Gasteiger partial charge is 0.480 e. The predicted octanol–water partition coefficient (Wildman–Crippen LogP) is 2.00.